The standard InChI is InChI=1S/C18H18Cl3N3/c19-16-4-2-1-3-15(16)13-23-7-9-24(10-8-23)22-12-14-5-6-17(20)18(21)11-14/h1-6,11-12H,7-10,13H2/p+1/b22-12-. The number of hydrazone groups is 1. The molecule has 0 radical (unpaired) electrons. The number of nitrogens with one attached hydrogen (secondary N) is 1. The molecule has 0 bridgehead atoms. The van der Waals surface area contributed by atoms with Crippen molar-refractivity contribution < 1.29 is 4.90 Å². The Morgan fingerprint density at radius 3 is 2.42 bits per heavy atom. The van der Waals surface area contributed by atoms with Crippen molar-refractivity contribution in [1.29, 1.82) is 0 Å². The third-order valence-corrected chi connectivity index (χ3v) is 5.27. The molecular weight excluding hydrogens is 365 g/mol. The summed E-state index contributed by atoms with van der Waals surface area (Å²) >= 11 is 18.2. The average Bonchev–Trinajstić information content (AvgIpc) is 2.59. The first-order chi connectivity index (χ1) is 11.6. The summed E-state index contributed by atoms with van der Waals surface area (Å²) in [6.07, 6.45) is 1.83. The third-order valence-electron chi connectivity index (χ3n) is 4.16. The molecule has 0 saturated carbocycles. The number of halogens is 3. The highest BCUT2D eigenvalue weighted by atomic mass is 35.5. The van der Waals surface area contributed by atoms with Gasteiger partial charge in [0.05, 0.1) is 42.4 Å². The van der Waals surface area contributed by atoms with Gasteiger partial charge < -0.3 is 4.90 Å². The Balaban J connectivity index is 1.52. The highest BCUT2D eigenvalue weighted by molar-refractivity contribution is 6.42. The highest BCUT2D eigenvalue weighted by Gasteiger charge is 2.19. The zero-order valence-electron chi connectivity index (χ0n) is 13.2. The van der Waals surface area contributed by atoms with Gasteiger partial charge >= 0.3 is 0 Å². The summed E-state index contributed by atoms with van der Waals surface area (Å²) in [7, 11) is 0. The van der Waals surface area contributed by atoms with Crippen LogP contribution in [0.2, 0.25) is 15.1 Å². The van der Waals surface area contributed by atoms with Crippen LogP contribution in [0.1, 0.15) is 11.1 Å². The molecule has 1 heterocycles. The van der Waals surface area contributed by atoms with Gasteiger partial charge in [-0.1, -0.05) is 59.1 Å². The molecule has 0 spiro atoms. The number of hydrogen-bond donors (Lipinski definition) is 1. The number of rotatable bonds is 4. The normalized spacial score (nSPS) is 16.0. The zero-order valence-corrected chi connectivity index (χ0v) is 15.5. The van der Waals surface area contributed by atoms with Crippen molar-refractivity contribution in [3.8, 4) is 0 Å². The van der Waals surface area contributed by atoms with Crippen molar-refractivity contribution in [3.63, 3.8) is 0 Å². The molecule has 1 fully saturated rings. The van der Waals surface area contributed by atoms with E-state index in [4.69, 9.17) is 34.8 Å². The number of nitrogens with zero attached hydrogens (tertiary/aromatic N) is 2. The number of hydrogen-bond acceptors (Lipinski definition) is 2. The van der Waals surface area contributed by atoms with Gasteiger partial charge in [-0.3, -0.25) is 5.01 Å². The molecule has 2 aromatic carbocycles. The van der Waals surface area contributed by atoms with Crippen LogP contribution in [0.3, 0.4) is 0 Å². The van der Waals surface area contributed by atoms with E-state index in [0.717, 1.165) is 43.3 Å². The van der Waals surface area contributed by atoms with Crippen LogP contribution in [0.5, 0.6) is 0 Å². The third kappa shape index (κ3) is 4.64. The highest BCUT2D eigenvalue weighted by Crippen LogP contribution is 2.21. The first-order valence-corrected chi connectivity index (χ1v) is 9.06. The van der Waals surface area contributed by atoms with Crippen LogP contribution in [0.25, 0.3) is 0 Å². The lowest BCUT2D eigenvalue weighted by Crippen LogP contribution is -3.13. The monoisotopic (exact) mass is 382 g/mol. The Labute approximate surface area is 157 Å². The maximum absolute atomic E-state index is 6.25. The second-order valence-corrected chi connectivity index (χ2v) is 7.11. The maximum atomic E-state index is 6.25. The fourth-order valence-electron chi connectivity index (χ4n) is 2.76. The van der Waals surface area contributed by atoms with E-state index in [0.29, 0.717) is 10.0 Å². The zero-order chi connectivity index (χ0) is 16.9. The minimum Gasteiger partial charge on any atom is -0.328 e. The molecule has 2 aromatic rings. The van der Waals surface area contributed by atoms with Gasteiger partial charge in [0, 0.05) is 10.6 Å². The van der Waals surface area contributed by atoms with Gasteiger partial charge in [0.2, 0.25) is 0 Å². The summed E-state index contributed by atoms with van der Waals surface area (Å²) in [4.78, 5) is 1.53. The first kappa shape index (κ1) is 17.6. The van der Waals surface area contributed by atoms with Crippen LogP contribution in [0.15, 0.2) is 47.6 Å². The lowest BCUT2D eigenvalue weighted by atomic mass is 10.2. The Bertz CT molecular complexity index is 725. The summed E-state index contributed by atoms with van der Waals surface area (Å²) < 4.78 is 0. The minimum absolute atomic E-state index is 0.551. The molecular formula is C18H19Cl3N3+. The largest absolute Gasteiger partial charge is 0.328 e. The molecule has 6 heteroatoms. The number of piperazine rings is 1. The van der Waals surface area contributed by atoms with Crippen LogP contribution >= 0.6 is 34.8 Å². The fourth-order valence-corrected chi connectivity index (χ4v) is 3.26. The summed E-state index contributed by atoms with van der Waals surface area (Å²) in [5, 5.41) is 8.61. The van der Waals surface area contributed by atoms with E-state index in [-0.39, 0.29) is 0 Å². The average molecular weight is 384 g/mol. The van der Waals surface area contributed by atoms with Crippen molar-refractivity contribution in [2.45, 2.75) is 6.54 Å². The van der Waals surface area contributed by atoms with Crippen LogP contribution in [-0.4, -0.2) is 37.4 Å². The summed E-state index contributed by atoms with van der Waals surface area (Å²) in [5.41, 5.74) is 2.16. The van der Waals surface area contributed by atoms with Crippen molar-refractivity contribution in [1.82, 2.24) is 5.01 Å². The van der Waals surface area contributed by atoms with Crippen LogP contribution < -0.4 is 4.90 Å². The minimum atomic E-state index is 0.551. The SMILES string of the molecule is Clc1ccc(/C=N\N2CC[NH+](Cc3ccccc3Cl)CC2)cc1Cl. The molecule has 126 valence electrons. The molecule has 0 aliphatic carbocycles. The van der Waals surface area contributed by atoms with Gasteiger partial charge in [-0.25, -0.2) is 0 Å². The smallest absolute Gasteiger partial charge is 0.104 e. The molecule has 1 aliphatic rings. The van der Waals surface area contributed by atoms with Gasteiger partial charge in [-0.15, -0.1) is 0 Å². The quantitative estimate of drug-likeness (QED) is 0.802. The fraction of sp³-hybridized carbons (Fsp3) is 0.278. The summed E-state index contributed by atoms with van der Waals surface area (Å²) in [5.74, 6) is 0. The lowest BCUT2D eigenvalue weighted by molar-refractivity contribution is -0.918. The Morgan fingerprint density at radius 2 is 1.71 bits per heavy atom. The van der Waals surface area contributed by atoms with Crippen LogP contribution in [-0.2, 0) is 6.54 Å². The molecule has 3 nitrogen and oxygen atoms in total. The number of quaternary nitrogens is 1. The second kappa shape index (κ2) is 8.21. The van der Waals surface area contributed by atoms with Gasteiger partial charge in [-0.05, 0) is 23.8 Å². The summed E-state index contributed by atoms with van der Waals surface area (Å²) in [6, 6.07) is 13.6. The van der Waals surface area contributed by atoms with E-state index in [9.17, 15) is 0 Å². The second-order valence-electron chi connectivity index (χ2n) is 5.89. The van der Waals surface area contributed by atoms with Crippen molar-refractivity contribution in [2.75, 3.05) is 26.2 Å². The van der Waals surface area contributed by atoms with Gasteiger partial charge in [0.1, 0.15) is 6.54 Å². The maximum Gasteiger partial charge on any atom is 0.104 e. The summed E-state index contributed by atoms with van der Waals surface area (Å²) in [6.45, 7) is 4.91. The van der Waals surface area contributed by atoms with Crippen LogP contribution in [0.4, 0.5) is 0 Å². The van der Waals surface area contributed by atoms with Crippen molar-refractivity contribution >= 4 is 41.0 Å². The van der Waals surface area contributed by atoms with E-state index in [2.05, 4.69) is 16.2 Å². The molecule has 3 rings (SSSR count). The van der Waals surface area contributed by atoms with E-state index in [1.165, 1.54) is 10.5 Å². The van der Waals surface area contributed by atoms with Gasteiger partial charge in [-0.2, -0.15) is 5.10 Å². The number of benzene rings is 2. The Kier molecular flexibility index (Phi) is 6.01. The van der Waals surface area contributed by atoms with E-state index >= 15 is 0 Å². The molecule has 0 aromatic heterocycles. The predicted octanol–water partition coefficient (Wildman–Crippen LogP) is 3.38. The van der Waals surface area contributed by atoms with E-state index in [1.54, 1.807) is 6.07 Å². The molecule has 0 atom stereocenters. The Morgan fingerprint density at radius 1 is 0.958 bits per heavy atom. The molecule has 1 N–H and O–H groups in total. The van der Waals surface area contributed by atoms with E-state index < -0.39 is 0 Å². The molecule has 0 unspecified atom stereocenters. The Hall–Kier alpha value is -1.26. The van der Waals surface area contributed by atoms with E-state index in [1.807, 2.05) is 36.5 Å². The molecule has 1 aliphatic heterocycles. The first-order valence-electron chi connectivity index (χ1n) is 7.93. The molecule has 1 saturated heterocycles. The lowest BCUT2D eigenvalue weighted by Gasteiger charge is -2.30. The van der Waals surface area contributed by atoms with Gasteiger partial charge in [0.25, 0.3) is 0 Å². The van der Waals surface area contributed by atoms with Crippen molar-refractivity contribution in [3.05, 3.63) is 68.7 Å². The molecule has 24 heavy (non-hydrogen) atoms. The van der Waals surface area contributed by atoms with Crippen LogP contribution in [0, 0.1) is 0 Å². The molecule has 0 amide bonds. The topological polar surface area (TPSA) is 20.0 Å². The van der Waals surface area contributed by atoms with Gasteiger partial charge in [0.15, 0.2) is 0 Å². The van der Waals surface area contributed by atoms with Crippen molar-refractivity contribution in [2.24, 2.45) is 5.10 Å². The predicted molar refractivity (Wildman–Crippen MR) is 101 cm³/mol.